The van der Waals surface area contributed by atoms with Crippen LogP contribution in [0, 0.1) is 0 Å². The molecule has 0 saturated carbocycles. The molecule has 0 spiro atoms. The third-order valence-electron chi connectivity index (χ3n) is 3.33. The fourth-order valence-electron chi connectivity index (χ4n) is 2.07. The molecule has 0 aliphatic heterocycles. The maximum atomic E-state index is 10.2. The highest BCUT2D eigenvalue weighted by atomic mass is 16.4. The lowest BCUT2D eigenvalue weighted by Gasteiger charge is -1.98. The first-order chi connectivity index (χ1) is 9.77. The van der Waals surface area contributed by atoms with Crippen LogP contribution in [0.4, 0.5) is 0 Å². The van der Waals surface area contributed by atoms with Gasteiger partial charge >= 0.3 is 5.97 Å². The normalized spacial score (nSPS) is 11.7. The number of carbonyl (C=O) groups is 1. The second-order valence-corrected chi connectivity index (χ2v) is 5.35. The minimum Gasteiger partial charge on any atom is -0.247 e. The molecule has 0 saturated heterocycles. The molecule has 0 rings (SSSR count). The smallest absolute Gasteiger partial charge is 0.247 e. The SMILES string of the molecule is CCCCC=CCC=CCCCCCCCCC([O])=O. The monoisotopic (exact) mass is 279 g/mol. The van der Waals surface area contributed by atoms with E-state index in [4.69, 9.17) is 0 Å². The van der Waals surface area contributed by atoms with Gasteiger partial charge in [-0.05, 0) is 32.1 Å². The molecule has 0 atom stereocenters. The minimum atomic E-state index is -0.918. The van der Waals surface area contributed by atoms with E-state index < -0.39 is 5.97 Å². The topological polar surface area (TPSA) is 37.0 Å². The predicted molar refractivity (Wildman–Crippen MR) is 85.1 cm³/mol. The van der Waals surface area contributed by atoms with Crippen molar-refractivity contribution in [2.75, 3.05) is 0 Å². The molecule has 0 bridgehead atoms. The molecule has 20 heavy (non-hydrogen) atoms. The van der Waals surface area contributed by atoms with Gasteiger partial charge in [0.15, 0.2) is 0 Å². The fraction of sp³-hybridized carbons (Fsp3) is 0.722. The fourth-order valence-corrected chi connectivity index (χ4v) is 2.07. The van der Waals surface area contributed by atoms with Gasteiger partial charge in [0.25, 0.3) is 0 Å². The Morgan fingerprint density at radius 2 is 1.30 bits per heavy atom. The summed E-state index contributed by atoms with van der Waals surface area (Å²) in [4.78, 5) is 10.2. The molecule has 0 N–H and O–H groups in total. The van der Waals surface area contributed by atoms with Gasteiger partial charge in [-0.1, -0.05) is 69.8 Å². The molecule has 2 heteroatoms. The van der Waals surface area contributed by atoms with Crippen LogP contribution in [0.25, 0.3) is 0 Å². The van der Waals surface area contributed by atoms with E-state index in [1.54, 1.807) is 0 Å². The first kappa shape index (κ1) is 18.9. The van der Waals surface area contributed by atoms with Crippen LogP contribution in [0.2, 0.25) is 0 Å². The Morgan fingerprint density at radius 3 is 1.90 bits per heavy atom. The highest BCUT2D eigenvalue weighted by Gasteiger charge is 1.98. The Bertz CT molecular complexity index is 267. The molecule has 115 valence electrons. The summed E-state index contributed by atoms with van der Waals surface area (Å²) in [7, 11) is 0. The molecular formula is C18H31O2. The van der Waals surface area contributed by atoms with Gasteiger partial charge in [-0.25, -0.2) is 9.90 Å². The quantitative estimate of drug-likeness (QED) is 0.294. The molecule has 0 unspecified atom stereocenters. The molecule has 0 aliphatic rings. The summed E-state index contributed by atoms with van der Waals surface area (Å²) in [5.41, 5.74) is 0. The van der Waals surface area contributed by atoms with Gasteiger partial charge in [0.2, 0.25) is 0 Å². The molecule has 0 heterocycles. The average Bonchev–Trinajstić information content (AvgIpc) is 2.43. The summed E-state index contributed by atoms with van der Waals surface area (Å²) in [5.74, 6) is -0.918. The summed E-state index contributed by atoms with van der Waals surface area (Å²) < 4.78 is 0. The lowest BCUT2D eigenvalue weighted by molar-refractivity contribution is -0.143. The summed E-state index contributed by atoms with van der Waals surface area (Å²) in [6.07, 6.45) is 21.9. The molecular weight excluding hydrogens is 248 g/mol. The molecule has 1 radical (unpaired) electrons. The molecule has 0 fully saturated rings. The van der Waals surface area contributed by atoms with Crippen LogP contribution in [-0.4, -0.2) is 5.97 Å². The number of unbranched alkanes of at least 4 members (excludes halogenated alkanes) is 8. The Hall–Kier alpha value is -1.05. The van der Waals surface area contributed by atoms with Crippen molar-refractivity contribution in [2.45, 2.75) is 84.0 Å². The second-order valence-electron chi connectivity index (χ2n) is 5.35. The van der Waals surface area contributed by atoms with E-state index in [1.807, 2.05) is 0 Å². The summed E-state index contributed by atoms with van der Waals surface area (Å²) in [6, 6.07) is 0. The van der Waals surface area contributed by atoms with Crippen LogP contribution in [0.5, 0.6) is 0 Å². The zero-order valence-electron chi connectivity index (χ0n) is 13.1. The van der Waals surface area contributed by atoms with Crippen molar-refractivity contribution in [3.8, 4) is 0 Å². The van der Waals surface area contributed by atoms with Gasteiger partial charge in [0.1, 0.15) is 0 Å². The van der Waals surface area contributed by atoms with Crippen molar-refractivity contribution in [3.63, 3.8) is 0 Å². The van der Waals surface area contributed by atoms with Crippen LogP contribution >= 0.6 is 0 Å². The molecule has 0 aromatic rings. The number of hydrogen-bond donors (Lipinski definition) is 0. The van der Waals surface area contributed by atoms with Crippen molar-refractivity contribution in [2.24, 2.45) is 0 Å². The maximum Gasteiger partial charge on any atom is 0.355 e. The van der Waals surface area contributed by atoms with E-state index in [9.17, 15) is 9.90 Å². The largest absolute Gasteiger partial charge is 0.355 e. The highest BCUT2D eigenvalue weighted by Crippen LogP contribution is 2.09. The lowest BCUT2D eigenvalue weighted by Crippen LogP contribution is -1.91. The van der Waals surface area contributed by atoms with Gasteiger partial charge in [-0.15, -0.1) is 0 Å². The van der Waals surface area contributed by atoms with Crippen LogP contribution in [0.1, 0.15) is 84.0 Å². The van der Waals surface area contributed by atoms with E-state index in [2.05, 4.69) is 31.2 Å². The van der Waals surface area contributed by atoms with Crippen LogP contribution in [0.15, 0.2) is 24.3 Å². The summed E-state index contributed by atoms with van der Waals surface area (Å²) in [5, 5.41) is 10.2. The van der Waals surface area contributed by atoms with Crippen molar-refractivity contribution in [3.05, 3.63) is 24.3 Å². The first-order valence-corrected chi connectivity index (χ1v) is 8.27. The molecule has 0 amide bonds. The van der Waals surface area contributed by atoms with Gasteiger partial charge < -0.3 is 0 Å². The van der Waals surface area contributed by atoms with E-state index in [1.165, 1.54) is 44.9 Å². The Balaban J connectivity index is 3.15. The van der Waals surface area contributed by atoms with Crippen molar-refractivity contribution in [1.29, 1.82) is 0 Å². The van der Waals surface area contributed by atoms with E-state index in [-0.39, 0.29) is 6.42 Å². The average molecular weight is 279 g/mol. The zero-order valence-corrected chi connectivity index (χ0v) is 13.1. The Labute approximate surface area is 125 Å². The van der Waals surface area contributed by atoms with Gasteiger partial charge in [0.05, 0.1) is 6.42 Å². The van der Waals surface area contributed by atoms with Crippen LogP contribution < -0.4 is 0 Å². The number of allylic oxidation sites excluding steroid dienone is 4. The number of hydrogen-bond acceptors (Lipinski definition) is 1. The predicted octanol–water partition coefficient (Wildman–Crippen LogP) is 5.76. The Morgan fingerprint density at radius 1 is 0.750 bits per heavy atom. The zero-order chi connectivity index (χ0) is 14.9. The maximum absolute atomic E-state index is 10.2. The highest BCUT2D eigenvalue weighted by molar-refractivity contribution is 5.66. The number of carbonyl (C=O) groups excluding carboxylic acids is 1. The minimum absolute atomic E-state index is 0.217. The van der Waals surface area contributed by atoms with Crippen LogP contribution in [-0.2, 0) is 9.90 Å². The van der Waals surface area contributed by atoms with Crippen molar-refractivity contribution >= 4 is 5.97 Å². The molecule has 0 aromatic carbocycles. The lowest BCUT2D eigenvalue weighted by atomic mass is 10.1. The molecule has 0 aromatic heterocycles. The second kappa shape index (κ2) is 16.0. The standard InChI is InChI=1S/C18H31O2/c1-2-3-4-5-6-7-8-9-10-11-12-13-14-15-16-17-18(19)20/h5-6,8-9H,2-4,7,10-17H2,1H3. The van der Waals surface area contributed by atoms with Gasteiger partial charge in [0, 0.05) is 0 Å². The van der Waals surface area contributed by atoms with Crippen LogP contribution in [0.3, 0.4) is 0 Å². The van der Waals surface area contributed by atoms with Gasteiger partial charge in [-0.3, -0.25) is 0 Å². The van der Waals surface area contributed by atoms with E-state index in [0.29, 0.717) is 0 Å². The van der Waals surface area contributed by atoms with Gasteiger partial charge in [-0.2, -0.15) is 0 Å². The first-order valence-electron chi connectivity index (χ1n) is 8.27. The Kier molecular flexibility index (Phi) is 15.2. The van der Waals surface area contributed by atoms with Crippen molar-refractivity contribution < 1.29 is 9.90 Å². The third kappa shape index (κ3) is 16.9. The molecule has 0 aliphatic carbocycles. The molecule has 2 nitrogen and oxygen atoms in total. The summed E-state index contributed by atoms with van der Waals surface area (Å²) >= 11 is 0. The third-order valence-corrected chi connectivity index (χ3v) is 3.33. The van der Waals surface area contributed by atoms with E-state index in [0.717, 1.165) is 25.7 Å². The van der Waals surface area contributed by atoms with E-state index >= 15 is 0 Å². The van der Waals surface area contributed by atoms with Crippen molar-refractivity contribution in [1.82, 2.24) is 0 Å². The number of rotatable bonds is 14. The summed E-state index contributed by atoms with van der Waals surface area (Å²) in [6.45, 7) is 2.22.